The number of ketones is 1. The van der Waals surface area contributed by atoms with Gasteiger partial charge in [-0.3, -0.25) is 4.79 Å². The second-order valence-electron chi connectivity index (χ2n) is 6.51. The van der Waals surface area contributed by atoms with Gasteiger partial charge in [0.15, 0.2) is 5.78 Å². The molecule has 2 aromatic carbocycles. The average Bonchev–Trinajstić information content (AvgIpc) is 2.70. The van der Waals surface area contributed by atoms with E-state index >= 15 is 0 Å². The molecule has 0 fully saturated rings. The van der Waals surface area contributed by atoms with Gasteiger partial charge in [-0.1, -0.05) is 19.9 Å². The Kier molecular flexibility index (Phi) is 8.35. The van der Waals surface area contributed by atoms with E-state index in [2.05, 4.69) is 20.4 Å². The third-order valence-electron chi connectivity index (χ3n) is 4.09. The molecule has 0 aliphatic carbocycles. The van der Waals surface area contributed by atoms with E-state index in [1.807, 2.05) is 18.2 Å². The molecule has 0 aliphatic heterocycles. The molecule has 0 aliphatic rings. The van der Waals surface area contributed by atoms with Gasteiger partial charge in [-0.05, 0) is 67.3 Å². The van der Waals surface area contributed by atoms with Crippen molar-refractivity contribution in [2.75, 3.05) is 18.9 Å². The Morgan fingerprint density at radius 3 is 2.29 bits per heavy atom. The van der Waals surface area contributed by atoms with Gasteiger partial charge >= 0.3 is 0 Å². The monoisotopic (exact) mass is 379 g/mol. The summed E-state index contributed by atoms with van der Waals surface area (Å²) in [4.78, 5) is 12.5. The van der Waals surface area contributed by atoms with Gasteiger partial charge in [-0.25, -0.2) is 0 Å². The number of rotatable bonds is 11. The maximum atomic E-state index is 12.5. The molecular formula is C24H29NO3. The van der Waals surface area contributed by atoms with Gasteiger partial charge in [0.25, 0.3) is 0 Å². The summed E-state index contributed by atoms with van der Waals surface area (Å²) in [5.74, 6) is 1.43. The van der Waals surface area contributed by atoms with Crippen molar-refractivity contribution in [3.05, 3.63) is 71.8 Å². The molecule has 0 saturated heterocycles. The smallest absolute Gasteiger partial charge is 0.185 e. The van der Waals surface area contributed by atoms with Gasteiger partial charge in [0.05, 0.1) is 13.2 Å². The first-order valence-corrected chi connectivity index (χ1v) is 9.70. The van der Waals surface area contributed by atoms with Crippen molar-refractivity contribution in [1.82, 2.24) is 0 Å². The molecule has 0 unspecified atom stereocenters. The van der Waals surface area contributed by atoms with Crippen LogP contribution in [0, 0.1) is 0 Å². The molecule has 4 nitrogen and oxygen atoms in total. The highest BCUT2D eigenvalue weighted by Gasteiger charge is 2.11. The lowest BCUT2D eigenvalue weighted by Crippen LogP contribution is -2.03. The highest BCUT2D eigenvalue weighted by molar-refractivity contribution is 6.07. The first-order chi connectivity index (χ1) is 13.6. The molecule has 0 heterocycles. The maximum absolute atomic E-state index is 12.5. The number of allylic oxidation sites excluding steroid dienone is 2. The SMILES string of the molecule is C=CCc1cc(C=CC(=O)c2ccc(N)cc2)c(OCCC)cc1OCCC. The van der Waals surface area contributed by atoms with Crippen molar-refractivity contribution in [2.24, 2.45) is 0 Å². The molecule has 2 N–H and O–H groups in total. The minimum atomic E-state index is -0.0852. The fraction of sp³-hybridized carbons (Fsp3) is 0.292. The molecule has 0 aromatic heterocycles. The number of benzene rings is 2. The number of carbonyl (C=O) groups is 1. The summed E-state index contributed by atoms with van der Waals surface area (Å²) in [5.41, 5.74) is 8.78. The van der Waals surface area contributed by atoms with E-state index in [1.54, 1.807) is 36.4 Å². The first-order valence-electron chi connectivity index (χ1n) is 9.70. The van der Waals surface area contributed by atoms with Crippen molar-refractivity contribution < 1.29 is 14.3 Å². The van der Waals surface area contributed by atoms with Crippen molar-refractivity contribution in [3.63, 3.8) is 0 Å². The fourth-order valence-corrected chi connectivity index (χ4v) is 2.66. The Morgan fingerprint density at radius 2 is 1.68 bits per heavy atom. The van der Waals surface area contributed by atoms with E-state index in [1.165, 1.54) is 0 Å². The van der Waals surface area contributed by atoms with Crippen molar-refractivity contribution >= 4 is 17.5 Å². The largest absolute Gasteiger partial charge is 0.493 e. The fourth-order valence-electron chi connectivity index (χ4n) is 2.66. The zero-order valence-corrected chi connectivity index (χ0v) is 16.7. The van der Waals surface area contributed by atoms with Crippen LogP contribution in [0.2, 0.25) is 0 Å². The molecule has 4 heteroatoms. The van der Waals surface area contributed by atoms with Gasteiger partial charge in [0, 0.05) is 22.9 Å². The van der Waals surface area contributed by atoms with E-state index in [-0.39, 0.29) is 5.78 Å². The molecule has 0 atom stereocenters. The zero-order chi connectivity index (χ0) is 20.4. The third-order valence-corrected chi connectivity index (χ3v) is 4.09. The Hall–Kier alpha value is -3.01. The van der Waals surface area contributed by atoms with Crippen LogP contribution in [0.5, 0.6) is 11.5 Å². The van der Waals surface area contributed by atoms with Crippen LogP contribution < -0.4 is 15.2 Å². The van der Waals surface area contributed by atoms with E-state index < -0.39 is 0 Å². The Labute approximate surface area is 167 Å². The van der Waals surface area contributed by atoms with Crippen molar-refractivity contribution in [3.8, 4) is 11.5 Å². The minimum Gasteiger partial charge on any atom is -0.493 e. The Morgan fingerprint density at radius 1 is 1.04 bits per heavy atom. The number of ether oxygens (including phenoxy) is 2. The maximum Gasteiger partial charge on any atom is 0.185 e. The molecule has 0 radical (unpaired) electrons. The number of hydrogen-bond acceptors (Lipinski definition) is 4. The quantitative estimate of drug-likeness (QED) is 0.243. The number of hydrogen-bond donors (Lipinski definition) is 1. The van der Waals surface area contributed by atoms with Crippen LogP contribution in [0.3, 0.4) is 0 Å². The van der Waals surface area contributed by atoms with Crippen LogP contribution in [-0.4, -0.2) is 19.0 Å². The van der Waals surface area contributed by atoms with Gasteiger partial charge in [-0.2, -0.15) is 0 Å². The second-order valence-corrected chi connectivity index (χ2v) is 6.51. The average molecular weight is 380 g/mol. The lowest BCUT2D eigenvalue weighted by atomic mass is 10.0. The highest BCUT2D eigenvalue weighted by Crippen LogP contribution is 2.31. The molecule has 2 rings (SSSR count). The zero-order valence-electron chi connectivity index (χ0n) is 16.7. The van der Waals surface area contributed by atoms with Crippen LogP contribution in [0.25, 0.3) is 6.08 Å². The standard InChI is InChI=1S/C24H29NO3/c1-4-7-19-16-20(10-13-22(26)18-8-11-21(25)12-9-18)24(28-15-6-3)17-23(19)27-14-5-2/h4,8-13,16-17H,1,5-7,14-15,25H2,2-3H3. The first kappa shape index (κ1) is 21.3. The summed E-state index contributed by atoms with van der Waals surface area (Å²) in [5, 5.41) is 0. The summed E-state index contributed by atoms with van der Waals surface area (Å²) >= 11 is 0. The van der Waals surface area contributed by atoms with Crippen LogP contribution in [0.4, 0.5) is 5.69 Å². The molecule has 0 bridgehead atoms. The third kappa shape index (κ3) is 6.02. The molecule has 0 amide bonds. The number of carbonyl (C=O) groups excluding carboxylic acids is 1. The van der Waals surface area contributed by atoms with E-state index in [4.69, 9.17) is 15.2 Å². The van der Waals surface area contributed by atoms with Crippen LogP contribution in [-0.2, 0) is 6.42 Å². The lowest BCUT2D eigenvalue weighted by Gasteiger charge is -2.15. The molecule has 148 valence electrons. The predicted molar refractivity (Wildman–Crippen MR) is 116 cm³/mol. The van der Waals surface area contributed by atoms with E-state index in [9.17, 15) is 4.79 Å². The Balaban J connectivity index is 2.35. The molecule has 28 heavy (non-hydrogen) atoms. The van der Waals surface area contributed by atoms with Crippen LogP contribution in [0.15, 0.2) is 55.1 Å². The molecular weight excluding hydrogens is 350 g/mol. The summed E-state index contributed by atoms with van der Waals surface area (Å²) in [6.45, 7) is 9.20. The van der Waals surface area contributed by atoms with Crippen molar-refractivity contribution in [2.45, 2.75) is 33.1 Å². The topological polar surface area (TPSA) is 61.6 Å². The van der Waals surface area contributed by atoms with Gasteiger partial charge in [-0.15, -0.1) is 6.58 Å². The van der Waals surface area contributed by atoms with Crippen molar-refractivity contribution in [1.29, 1.82) is 0 Å². The van der Waals surface area contributed by atoms with Crippen LogP contribution >= 0.6 is 0 Å². The Bertz CT molecular complexity index is 822. The van der Waals surface area contributed by atoms with Gasteiger partial charge in [0.2, 0.25) is 0 Å². The highest BCUT2D eigenvalue weighted by atomic mass is 16.5. The van der Waals surface area contributed by atoms with Gasteiger partial charge < -0.3 is 15.2 Å². The molecule has 2 aromatic rings. The second kappa shape index (κ2) is 11.0. The predicted octanol–water partition coefficient (Wildman–Crippen LogP) is 5.47. The number of nitrogen functional groups attached to an aromatic ring is 1. The number of nitrogens with two attached hydrogens (primary N) is 1. The van der Waals surface area contributed by atoms with E-state index in [0.717, 1.165) is 29.7 Å². The summed E-state index contributed by atoms with van der Waals surface area (Å²) in [6.07, 6.45) is 7.70. The van der Waals surface area contributed by atoms with Gasteiger partial charge in [0.1, 0.15) is 11.5 Å². The molecule has 0 saturated carbocycles. The molecule has 0 spiro atoms. The normalized spacial score (nSPS) is 10.8. The summed E-state index contributed by atoms with van der Waals surface area (Å²) < 4.78 is 11.8. The number of anilines is 1. The minimum absolute atomic E-state index is 0.0852. The van der Waals surface area contributed by atoms with E-state index in [0.29, 0.717) is 36.6 Å². The summed E-state index contributed by atoms with van der Waals surface area (Å²) in [6, 6.07) is 10.8. The lowest BCUT2D eigenvalue weighted by molar-refractivity contribution is 0.104. The summed E-state index contributed by atoms with van der Waals surface area (Å²) in [7, 11) is 0. The van der Waals surface area contributed by atoms with Crippen LogP contribution in [0.1, 0.15) is 48.2 Å².